The molecule has 2 saturated heterocycles. The van der Waals surface area contributed by atoms with Gasteiger partial charge in [0.2, 0.25) is 0 Å². The first-order valence-electron chi connectivity index (χ1n) is 7.40. The van der Waals surface area contributed by atoms with Crippen LogP contribution in [0.3, 0.4) is 0 Å². The predicted molar refractivity (Wildman–Crippen MR) is 78.0 cm³/mol. The maximum Gasteiger partial charge on any atom is 0.0242 e. The van der Waals surface area contributed by atoms with Crippen molar-refractivity contribution in [1.29, 1.82) is 0 Å². The van der Waals surface area contributed by atoms with Crippen LogP contribution in [0.25, 0.3) is 0 Å². The topological polar surface area (TPSA) is 9.72 Å². The summed E-state index contributed by atoms with van der Waals surface area (Å²) in [6, 6.07) is 0.757. The molecule has 18 heavy (non-hydrogen) atoms. The second kappa shape index (κ2) is 4.77. The normalized spacial score (nSPS) is 32.0. The van der Waals surface area contributed by atoms with Crippen LogP contribution < -0.4 is 0 Å². The average molecular weight is 253 g/mol. The first-order chi connectivity index (χ1) is 8.20. The fraction of sp³-hybridized carbons (Fsp3) is 1.00. The van der Waals surface area contributed by atoms with Crippen LogP contribution >= 0.6 is 0 Å². The van der Waals surface area contributed by atoms with Gasteiger partial charge in [0.1, 0.15) is 0 Å². The van der Waals surface area contributed by atoms with E-state index >= 15 is 0 Å². The van der Waals surface area contributed by atoms with Gasteiger partial charge in [0.15, 0.2) is 0 Å². The second-order valence-corrected chi connectivity index (χ2v) is 7.79. The summed E-state index contributed by atoms with van der Waals surface area (Å²) >= 11 is 0. The van der Waals surface area contributed by atoms with E-state index in [0.29, 0.717) is 5.54 Å². The Bertz CT molecular complexity index is 285. The molecule has 2 fully saturated rings. The van der Waals surface area contributed by atoms with Crippen molar-refractivity contribution in [2.45, 2.75) is 58.2 Å². The van der Waals surface area contributed by atoms with E-state index in [-0.39, 0.29) is 5.54 Å². The lowest BCUT2D eigenvalue weighted by Crippen LogP contribution is -2.51. The average Bonchev–Trinajstić information content (AvgIpc) is 2.55. The first kappa shape index (κ1) is 14.3. The minimum Gasteiger partial charge on any atom is -0.304 e. The van der Waals surface area contributed by atoms with Crippen LogP contribution in [0.2, 0.25) is 0 Å². The lowest BCUT2D eigenvalue weighted by molar-refractivity contribution is 0.0625. The van der Waals surface area contributed by atoms with E-state index in [1.54, 1.807) is 0 Å². The van der Waals surface area contributed by atoms with E-state index in [2.05, 4.69) is 56.4 Å². The number of rotatable bonds is 1. The van der Waals surface area contributed by atoms with E-state index in [4.69, 9.17) is 0 Å². The van der Waals surface area contributed by atoms with Crippen molar-refractivity contribution in [3.05, 3.63) is 0 Å². The molecule has 0 N–H and O–H groups in total. The van der Waals surface area contributed by atoms with Crippen LogP contribution in [0.5, 0.6) is 0 Å². The predicted octanol–water partition coefficient (Wildman–Crippen LogP) is 1.89. The highest BCUT2D eigenvalue weighted by Crippen LogP contribution is 2.36. The molecule has 2 aliphatic rings. The summed E-state index contributed by atoms with van der Waals surface area (Å²) < 4.78 is 0. The van der Waals surface area contributed by atoms with Crippen molar-refractivity contribution < 1.29 is 0 Å². The number of likely N-dealkylation sites (tertiary alicyclic amines) is 1. The summed E-state index contributed by atoms with van der Waals surface area (Å²) in [6.07, 6.45) is 1.31. The third-order valence-corrected chi connectivity index (χ3v) is 4.72. The number of nitrogens with zero attached hydrogens (tertiary/aromatic N) is 3. The maximum atomic E-state index is 2.72. The van der Waals surface area contributed by atoms with Crippen LogP contribution in [-0.2, 0) is 0 Å². The molecule has 0 aromatic carbocycles. The van der Waals surface area contributed by atoms with Crippen molar-refractivity contribution in [1.82, 2.24) is 14.7 Å². The first-order valence-corrected chi connectivity index (χ1v) is 7.40. The van der Waals surface area contributed by atoms with Gasteiger partial charge in [-0.1, -0.05) is 0 Å². The van der Waals surface area contributed by atoms with Gasteiger partial charge in [-0.05, 0) is 48.1 Å². The Morgan fingerprint density at radius 2 is 1.56 bits per heavy atom. The molecule has 0 aliphatic carbocycles. The van der Waals surface area contributed by atoms with Crippen LogP contribution in [-0.4, -0.2) is 71.6 Å². The second-order valence-electron chi connectivity index (χ2n) is 7.79. The highest BCUT2D eigenvalue weighted by molar-refractivity contribution is 5.02. The standard InChI is InChI=1S/C15H31N3/c1-14(2,3)18-12-13(11-15(18,4)5)17-9-7-16(6)8-10-17/h13H,7-12H2,1-6H3/t13-/m1/s1. The zero-order valence-corrected chi connectivity index (χ0v) is 13.2. The van der Waals surface area contributed by atoms with Crippen molar-refractivity contribution in [2.75, 3.05) is 39.8 Å². The van der Waals surface area contributed by atoms with E-state index in [1.807, 2.05) is 0 Å². The molecule has 0 bridgehead atoms. The molecule has 2 heterocycles. The van der Waals surface area contributed by atoms with E-state index < -0.39 is 0 Å². The third-order valence-electron chi connectivity index (χ3n) is 4.72. The Hall–Kier alpha value is -0.120. The molecule has 1 atom stereocenters. The van der Waals surface area contributed by atoms with Crippen molar-refractivity contribution in [3.8, 4) is 0 Å². The van der Waals surface area contributed by atoms with E-state index in [9.17, 15) is 0 Å². The monoisotopic (exact) mass is 253 g/mol. The van der Waals surface area contributed by atoms with Gasteiger partial charge in [-0.3, -0.25) is 9.80 Å². The van der Waals surface area contributed by atoms with Gasteiger partial charge in [-0.25, -0.2) is 0 Å². The van der Waals surface area contributed by atoms with Crippen LogP contribution in [0.1, 0.15) is 41.0 Å². The number of hydrogen-bond donors (Lipinski definition) is 0. The summed E-state index contributed by atoms with van der Waals surface area (Å²) in [5.74, 6) is 0. The largest absolute Gasteiger partial charge is 0.304 e. The van der Waals surface area contributed by atoms with Gasteiger partial charge in [0, 0.05) is 49.8 Å². The van der Waals surface area contributed by atoms with Gasteiger partial charge >= 0.3 is 0 Å². The molecule has 0 amide bonds. The SMILES string of the molecule is CN1CCN([C@H]2CN(C(C)(C)C)C(C)(C)C2)CC1. The van der Waals surface area contributed by atoms with Crippen molar-refractivity contribution >= 4 is 0 Å². The zero-order valence-electron chi connectivity index (χ0n) is 13.2. The molecule has 3 heteroatoms. The lowest BCUT2D eigenvalue weighted by atomic mass is 9.95. The summed E-state index contributed by atoms with van der Waals surface area (Å²) in [6.45, 7) is 18.1. The molecule has 3 nitrogen and oxygen atoms in total. The summed E-state index contributed by atoms with van der Waals surface area (Å²) in [4.78, 5) is 7.86. The quantitative estimate of drug-likeness (QED) is 0.706. The summed E-state index contributed by atoms with van der Waals surface area (Å²) in [5.41, 5.74) is 0.622. The van der Waals surface area contributed by atoms with Gasteiger partial charge in [-0.2, -0.15) is 0 Å². The summed E-state index contributed by atoms with van der Waals surface area (Å²) in [5, 5.41) is 0. The minimum atomic E-state index is 0.283. The molecule has 106 valence electrons. The van der Waals surface area contributed by atoms with Crippen LogP contribution in [0.15, 0.2) is 0 Å². The zero-order chi connectivity index (χ0) is 13.6. The Labute approximate surface area is 113 Å². The van der Waals surface area contributed by atoms with Gasteiger partial charge < -0.3 is 4.90 Å². The molecule has 2 aliphatic heterocycles. The molecule has 0 aromatic rings. The Kier molecular flexibility index (Phi) is 3.79. The molecule has 0 spiro atoms. The molecule has 0 unspecified atom stereocenters. The Balaban J connectivity index is 2.01. The van der Waals surface area contributed by atoms with Gasteiger partial charge in [-0.15, -0.1) is 0 Å². The molecule has 0 aromatic heterocycles. The van der Waals surface area contributed by atoms with Crippen molar-refractivity contribution in [2.24, 2.45) is 0 Å². The molecular weight excluding hydrogens is 222 g/mol. The maximum absolute atomic E-state index is 2.72. The molecular formula is C15H31N3. The molecule has 0 saturated carbocycles. The fourth-order valence-corrected chi connectivity index (χ4v) is 3.82. The molecule has 0 radical (unpaired) electrons. The smallest absolute Gasteiger partial charge is 0.0242 e. The number of likely N-dealkylation sites (N-methyl/N-ethyl adjacent to an activating group) is 1. The Morgan fingerprint density at radius 3 is 2.00 bits per heavy atom. The van der Waals surface area contributed by atoms with Crippen molar-refractivity contribution in [3.63, 3.8) is 0 Å². The van der Waals surface area contributed by atoms with E-state index in [0.717, 1.165) is 6.04 Å². The molecule has 2 rings (SSSR count). The third kappa shape index (κ3) is 2.89. The minimum absolute atomic E-state index is 0.283. The van der Waals surface area contributed by atoms with Gasteiger partial charge in [0.05, 0.1) is 0 Å². The highest BCUT2D eigenvalue weighted by atomic mass is 15.3. The highest BCUT2D eigenvalue weighted by Gasteiger charge is 2.45. The van der Waals surface area contributed by atoms with Crippen LogP contribution in [0, 0.1) is 0 Å². The fourth-order valence-electron chi connectivity index (χ4n) is 3.82. The lowest BCUT2D eigenvalue weighted by Gasteiger charge is -2.42. The Morgan fingerprint density at radius 1 is 1.00 bits per heavy atom. The van der Waals surface area contributed by atoms with E-state index in [1.165, 1.54) is 39.1 Å². The number of hydrogen-bond acceptors (Lipinski definition) is 3. The summed E-state index contributed by atoms with van der Waals surface area (Å²) in [7, 11) is 2.23. The number of piperazine rings is 1. The van der Waals surface area contributed by atoms with Gasteiger partial charge in [0.25, 0.3) is 0 Å². The van der Waals surface area contributed by atoms with Crippen LogP contribution in [0.4, 0.5) is 0 Å².